The number of carbonyl (C=O) groups is 1. The first kappa shape index (κ1) is 18.4. The van der Waals surface area contributed by atoms with Crippen LogP contribution in [0.3, 0.4) is 0 Å². The third-order valence-electron chi connectivity index (χ3n) is 2.28. The lowest BCUT2D eigenvalue weighted by Gasteiger charge is -2.15. The summed E-state index contributed by atoms with van der Waals surface area (Å²) in [5.41, 5.74) is 10.6. The van der Waals surface area contributed by atoms with Gasteiger partial charge in [-0.25, -0.2) is 0 Å². The highest BCUT2D eigenvalue weighted by Gasteiger charge is 2.10. The molecule has 0 bridgehead atoms. The van der Waals surface area contributed by atoms with E-state index in [1.165, 1.54) is 0 Å². The predicted octanol–water partition coefficient (Wildman–Crippen LogP) is 1.81. The number of thioether (sulfide) groups is 1. The molecule has 108 valence electrons. The predicted molar refractivity (Wildman–Crippen MR) is 84.7 cm³/mol. The van der Waals surface area contributed by atoms with Gasteiger partial charge in [-0.05, 0) is 25.0 Å². The maximum absolute atomic E-state index is 10.6. The molecule has 0 aromatic heterocycles. The fourth-order valence-corrected chi connectivity index (χ4v) is 4.67. The Morgan fingerprint density at radius 2 is 2.00 bits per heavy atom. The van der Waals surface area contributed by atoms with Gasteiger partial charge in [0, 0.05) is 23.3 Å². The number of unbranched alkanes of at least 4 members (excludes halogenated alkanes) is 1. The molecule has 0 aliphatic rings. The van der Waals surface area contributed by atoms with Crippen LogP contribution in [0.25, 0.3) is 0 Å². The molecule has 0 aromatic carbocycles. The van der Waals surface area contributed by atoms with Crippen LogP contribution in [0.1, 0.15) is 32.1 Å². The molecule has 0 aliphatic heterocycles. The summed E-state index contributed by atoms with van der Waals surface area (Å²) >= 11 is 1.75. The number of carbonyl (C=O) groups excluding carboxylic acids is 1. The average molecular weight is 313 g/mol. The van der Waals surface area contributed by atoms with Gasteiger partial charge in [0.2, 0.25) is 5.91 Å². The summed E-state index contributed by atoms with van der Waals surface area (Å²) in [4.78, 5) is 10.6. The molecule has 5 N–H and O–H groups in total. The van der Waals surface area contributed by atoms with E-state index in [0.29, 0.717) is 17.5 Å². The normalized spacial score (nSPS) is 12.6. The van der Waals surface area contributed by atoms with Crippen molar-refractivity contribution in [2.45, 2.75) is 37.4 Å². The Balaban J connectivity index is 3.69. The molecule has 1 atom stereocenters. The van der Waals surface area contributed by atoms with Gasteiger partial charge in [-0.2, -0.15) is 0 Å². The highest BCUT2D eigenvalue weighted by molar-refractivity contribution is 8.76. The summed E-state index contributed by atoms with van der Waals surface area (Å²) in [6, 6.07) is 0. The Hall–Kier alpha value is 0.440. The van der Waals surface area contributed by atoms with E-state index < -0.39 is 0 Å². The third-order valence-corrected chi connectivity index (χ3v) is 5.99. The van der Waals surface area contributed by atoms with E-state index in [9.17, 15) is 4.79 Å². The number of nitrogens with two attached hydrogens (primary N) is 2. The highest BCUT2D eigenvalue weighted by atomic mass is 33.1. The molecule has 18 heavy (non-hydrogen) atoms. The minimum atomic E-state index is -0.215. The second kappa shape index (κ2) is 13.9. The fraction of sp³-hybridized carbons (Fsp3) is 0.909. The van der Waals surface area contributed by atoms with Crippen LogP contribution in [0, 0.1) is 0 Å². The minimum absolute atomic E-state index is 0.215. The molecule has 0 spiro atoms. The second-order valence-corrected chi connectivity index (χ2v) is 7.78. The smallest absolute Gasteiger partial charge is 0.217 e. The Bertz CT molecular complexity index is 199. The molecule has 7 heteroatoms. The largest absolute Gasteiger partial charge is 0.395 e. The summed E-state index contributed by atoms with van der Waals surface area (Å²) < 4.78 is 0. The van der Waals surface area contributed by atoms with Crippen molar-refractivity contribution in [1.82, 2.24) is 0 Å². The van der Waals surface area contributed by atoms with E-state index in [-0.39, 0.29) is 12.5 Å². The van der Waals surface area contributed by atoms with Crippen molar-refractivity contribution >= 4 is 39.3 Å². The summed E-state index contributed by atoms with van der Waals surface area (Å²) in [6.45, 7) is 0.226. The Labute approximate surface area is 122 Å². The molecule has 0 saturated carbocycles. The first-order chi connectivity index (χ1) is 8.70. The highest BCUT2D eigenvalue weighted by Crippen LogP contribution is 2.32. The van der Waals surface area contributed by atoms with Crippen molar-refractivity contribution in [2.75, 3.05) is 24.0 Å². The van der Waals surface area contributed by atoms with Crippen LogP contribution in [-0.4, -0.2) is 40.3 Å². The van der Waals surface area contributed by atoms with Crippen molar-refractivity contribution in [3.05, 3.63) is 0 Å². The van der Waals surface area contributed by atoms with Crippen LogP contribution in [0.15, 0.2) is 0 Å². The Morgan fingerprint density at radius 3 is 2.61 bits per heavy atom. The average Bonchev–Trinajstić information content (AvgIpc) is 2.34. The van der Waals surface area contributed by atoms with E-state index in [2.05, 4.69) is 0 Å². The molecule has 0 rings (SSSR count). The zero-order chi connectivity index (χ0) is 13.6. The van der Waals surface area contributed by atoms with Gasteiger partial charge >= 0.3 is 0 Å². The zero-order valence-electron chi connectivity index (χ0n) is 10.7. The summed E-state index contributed by atoms with van der Waals surface area (Å²) in [5.74, 6) is 2.30. The number of primary amides is 1. The molecular formula is C11H24N2O2S3. The lowest BCUT2D eigenvalue weighted by Crippen LogP contribution is -2.10. The maximum atomic E-state index is 10.6. The lowest BCUT2D eigenvalue weighted by atomic mass is 10.1. The van der Waals surface area contributed by atoms with Crippen molar-refractivity contribution in [3.8, 4) is 0 Å². The van der Waals surface area contributed by atoms with Gasteiger partial charge in [0.05, 0.1) is 6.61 Å². The standard InChI is InChI=1S/C11H24N2O2S3/c12-9-16-7-5-10(18-17-8-6-14)3-1-2-4-11(13)15/h10,14H,1-9,12H2,(H2,13,15)/t10-/m1/s1. The number of amides is 1. The van der Waals surface area contributed by atoms with Crippen LogP contribution >= 0.6 is 33.3 Å². The topological polar surface area (TPSA) is 89.3 Å². The first-order valence-electron chi connectivity index (χ1n) is 6.16. The van der Waals surface area contributed by atoms with Gasteiger partial charge in [0.1, 0.15) is 0 Å². The van der Waals surface area contributed by atoms with Gasteiger partial charge in [0.15, 0.2) is 0 Å². The van der Waals surface area contributed by atoms with Crippen LogP contribution in [-0.2, 0) is 4.79 Å². The van der Waals surface area contributed by atoms with Gasteiger partial charge in [-0.3, -0.25) is 4.79 Å². The van der Waals surface area contributed by atoms with Crippen molar-refractivity contribution in [2.24, 2.45) is 11.5 Å². The molecule has 0 saturated heterocycles. The molecule has 4 nitrogen and oxygen atoms in total. The van der Waals surface area contributed by atoms with Gasteiger partial charge in [-0.1, -0.05) is 28.0 Å². The van der Waals surface area contributed by atoms with Crippen LogP contribution < -0.4 is 11.5 Å². The Morgan fingerprint density at radius 1 is 1.22 bits per heavy atom. The lowest BCUT2D eigenvalue weighted by molar-refractivity contribution is -0.118. The number of aliphatic hydroxyl groups is 1. The van der Waals surface area contributed by atoms with E-state index in [1.54, 1.807) is 22.6 Å². The SMILES string of the molecule is NCSCC[C@@H](CCCCC(N)=O)SSCCO. The van der Waals surface area contributed by atoms with E-state index in [1.807, 2.05) is 10.8 Å². The molecule has 0 fully saturated rings. The molecule has 0 radical (unpaired) electrons. The number of hydrogen-bond acceptors (Lipinski definition) is 6. The minimum Gasteiger partial charge on any atom is -0.395 e. The summed E-state index contributed by atoms with van der Waals surface area (Å²) in [5, 5.41) is 9.34. The second-order valence-electron chi connectivity index (χ2n) is 3.84. The monoisotopic (exact) mass is 312 g/mol. The third kappa shape index (κ3) is 12.9. The van der Waals surface area contributed by atoms with Crippen LogP contribution in [0.2, 0.25) is 0 Å². The van der Waals surface area contributed by atoms with Crippen LogP contribution in [0.5, 0.6) is 0 Å². The zero-order valence-corrected chi connectivity index (χ0v) is 13.1. The molecule has 1 amide bonds. The Kier molecular flexibility index (Phi) is 14.2. The fourth-order valence-electron chi connectivity index (χ4n) is 1.39. The van der Waals surface area contributed by atoms with E-state index in [0.717, 1.165) is 37.2 Å². The van der Waals surface area contributed by atoms with Gasteiger partial charge in [0.25, 0.3) is 0 Å². The van der Waals surface area contributed by atoms with Crippen molar-refractivity contribution < 1.29 is 9.90 Å². The van der Waals surface area contributed by atoms with Crippen molar-refractivity contribution in [1.29, 1.82) is 0 Å². The summed E-state index contributed by atoms with van der Waals surface area (Å²) in [6.07, 6.45) is 4.62. The number of rotatable bonds is 13. The molecule has 0 aromatic rings. The molecule has 0 aliphatic carbocycles. The van der Waals surface area contributed by atoms with E-state index in [4.69, 9.17) is 16.6 Å². The molecule has 0 unspecified atom stereocenters. The summed E-state index contributed by atoms with van der Waals surface area (Å²) in [7, 11) is 3.56. The van der Waals surface area contributed by atoms with E-state index >= 15 is 0 Å². The first-order valence-corrected chi connectivity index (χ1v) is 9.69. The maximum Gasteiger partial charge on any atom is 0.217 e. The number of hydrogen-bond donors (Lipinski definition) is 3. The van der Waals surface area contributed by atoms with Gasteiger partial charge < -0.3 is 16.6 Å². The van der Waals surface area contributed by atoms with Crippen LogP contribution in [0.4, 0.5) is 0 Å². The quantitative estimate of drug-likeness (QED) is 0.273. The molecular weight excluding hydrogens is 288 g/mol. The van der Waals surface area contributed by atoms with Crippen molar-refractivity contribution in [3.63, 3.8) is 0 Å². The number of aliphatic hydroxyl groups excluding tert-OH is 1. The van der Waals surface area contributed by atoms with Gasteiger partial charge in [-0.15, -0.1) is 11.8 Å². The molecule has 0 heterocycles.